The van der Waals surface area contributed by atoms with Gasteiger partial charge in [0.15, 0.2) is 5.13 Å². The van der Waals surface area contributed by atoms with E-state index in [2.05, 4.69) is 15.6 Å². The highest BCUT2D eigenvalue weighted by atomic mass is 32.1. The fourth-order valence-electron chi connectivity index (χ4n) is 2.06. The molecule has 0 unspecified atom stereocenters. The SMILES string of the molecule is CNc1c(F)cccc1C(=O)Nc1nc2ccccc2s1. The molecule has 1 amide bonds. The molecule has 3 aromatic rings. The highest BCUT2D eigenvalue weighted by Crippen LogP contribution is 2.27. The lowest BCUT2D eigenvalue weighted by molar-refractivity contribution is 0.102. The van der Waals surface area contributed by atoms with Gasteiger partial charge in [-0.25, -0.2) is 9.37 Å². The Kier molecular flexibility index (Phi) is 3.53. The molecular formula is C15H12FN3OS. The summed E-state index contributed by atoms with van der Waals surface area (Å²) in [6.45, 7) is 0. The van der Waals surface area contributed by atoms with Gasteiger partial charge in [-0.3, -0.25) is 10.1 Å². The van der Waals surface area contributed by atoms with Crippen LogP contribution in [0.3, 0.4) is 0 Å². The normalized spacial score (nSPS) is 10.6. The van der Waals surface area contributed by atoms with Crippen LogP contribution in [-0.2, 0) is 0 Å². The Balaban J connectivity index is 1.91. The zero-order valence-corrected chi connectivity index (χ0v) is 12.0. The minimum Gasteiger partial charge on any atom is -0.385 e. The van der Waals surface area contributed by atoms with E-state index in [0.29, 0.717) is 5.13 Å². The third-order valence-electron chi connectivity index (χ3n) is 3.02. The second-order valence-corrected chi connectivity index (χ2v) is 5.38. The molecular weight excluding hydrogens is 289 g/mol. The number of benzene rings is 2. The molecule has 21 heavy (non-hydrogen) atoms. The summed E-state index contributed by atoms with van der Waals surface area (Å²) in [5, 5.41) is 5.91. The number of carbonyl (C=O) groups excluding carboxylic acids is 1. The first-order chi connectivity index (χ1) is 10.2. The summed E-state index contributed by atoms with van der Waals surface area (Å²) >= 11 is 1.38. The van der Waals surface area contributed by atoms with E-state index in [1.165, 1.54) is 23.5 Å². The molecule has 4 nitrogen and oxygen atoms in total. The van der Waals surface area contributed by atoms with Crippen LogP contribution >= 0.6 is 11.3 Å². The number of para-hydroxylation sites is 2. The number of fused-ring (bicyclic) bond motifs is 1. The van der Waals surface area contributed by atoms with Gasteiger partial charge in [0.05, 0.1) is 21.5 Å². The molecule has 2 aromatic carbocycles. The Morgan fingerprint density at radius 1 is 1.19 bits per heavy atom. The molecule has 0 aliphatic heterocycles. The Labute approximate surface area is 124 Å². The summed E-state index contributed by atoms with van der Waals surface area (Å²) in [6.07, 6.45) is 0. The lowest BCUT2D eigenvalue weighted by Crippen LogP contribution is -2.14. The Morgan fingerprint density at radius 3 is 2.76 bits per heavy atom. The number of hydrogen-bond donors (Lipinski definition) is 2. The number of halogens is 1. The highest BCUT2D eigenvalue weighted by Gasteiger charge is 2.15. The number of rotatable bonds is 3. The molecule has 6 heteroatoms. The Bertz CT molecular complexity index is 783. The molecule has 3 rings (SSSR count). The molecule has 2 N–H and O–H groups in total. The van der Waals surface area contributed by atoms with Crippen molar-refractivity contribution in [3.63, 3.8) is 0 Å². The molecule has 0 fully saturated rings. The number of amides is 1. The summed E-state index contributed by atoms with van der Waals surface area (Å²) < 4.78 is 14.6. The third-order valence-corrected chi connectivity index (χ3v) is 3.97. The van der Waals surface area contributed by atoms with Crippen LogP contribution in [0, 0.1) is 5.82 Å². The molecule has 0 aliphatic rings. The number of nitrogens with zero attached hydrogens (tertiary/aromatic N) is 1. The van der Waals surface area contributed by atoms with Crippen molar-refractivity contribution in [3.8, 4) is 0 Å². The molecule has 0 radical (unpaired) electrons. The van der Waals surface area contributed by atoms with Crippen LogP contribution in [0.15, 0.2) is 42.5 Å². The quantitative estimate of drug-likeness (QED) is 0.775. The fraction of sp³-hybridized carbons (Fsp3) is 0.0667. The van der Waals surface area contributed by atoms with Crippen molar-refractivity contribution in [1.29, 1.82) is 0 Å². The van der Waals surface area contributed by atoms with Gasteiger partial charge in [-0.1, -0.05) is 29.5 Å². The first kappa shape index (κ1) is 13.5. The lowest BCUT2D eigenvalue weighted by Gasteiger charge is -2.09. The van der Waals surface area contributed by atoms with E-state index in [1.807, 2.05) is 24.3 Å². The van der Waals surface area contributed by atoms with Gasteiger partial charge in [-0.15, -0.1) is 0 Å². The second-order valence-electron chi connectivity index (χ2n) is 4.35. The number of aromatic nitrogens is 1. The number of carbonyl (C=O) groups is 1. The average molecular weight is 301 g/mol. The van der Waals surface area contributed by atoms with E-state index in [-0.39, 0.29) is 11.3 Å². The van der Waals surface area contributed by atoms with Crippen LogP contribution in [0.2, 0.25) is 0 Å². The van der Waals surface area contributed by atoms with E-state index in [1.54, 1.807) is 13.1 Å². The van der Waals surface area contributed by atoms with E-state index in [9.17, 15) is 9.18 Å². The maximum absolute atomic E-state index is 13.7. The van der Waals surface area contributed by atoms with Crippen molar-refractivity contribution in [3.05, 3.63) is 53.8 Å². The smallest absolute Gasteiger partial charge is 0.259 e. The molecule has 0 aliphatic carbocycles. The largest absolute Gasteiger partial charge is 0.385 e. The molecule has 1 heterocycles. The summed E-state index contributed by atoms with van der Waals surface area (Å²) in [7, 11) is 1.58. The molecule has 1 aromatic heterocycles. The maximum atomic E-state index is 13.7. The summed E-state index contributed by atoms with van der Waals surface area (Å²) in [6, 6.07) is 12.0. The molecule has 0 saturated heterocycles. The lowest BCUT2D eigenvalue weighted by atomic mass is 10.1. The highest BCUT2D eigenvalue weighted by molar-refractivity contribution is 7.22. The zero-order valence-electron chi connectivity index (χ0n) is 11.2. The second kappa shape index (κ2) is 5.49. The topological polar surface area (TPSA) is 54.0 Å². The first-order valence-corrected chi connectivity index (χ1v) is 7.14. The van der Waals surface area contributed by atoms with E-state index >= 15 is 0 Å². The van der Waals surface area contributed by atoms with Crippen LogP contribution in [-0.4, -0.2) is 17.9 Å². The fourth-order valence-corrected chi connectivity index (χ4v) is 2.92. The van der Waals surface area contributed by atoms with Gasteiger partial charge in [-0.2, -0.15) is 0 Å². The Morgan fingerprint density at radius 2 is 2.00 bits per heavy atom. The van der Waals surface area contributed by atoms with E-state index in [4.69, 9.17) is 0 Å². The van der Waals surface area contributed by atoms with Gasteiger partial charge in [0.1, 0.15) is 5.82 Å². The summed E-state index contributed by atoms with van der Waals surface area (Å²) in [5.41, 5.74) is 1.25. The van der Waals surface area contributed by atoms with Crippen molar-refractivity contribution in [2.45, 2.75) is 0 Å². The predicted octanol–water partition coefficient (Wildman–Crippen LogP) is 3.73. The number of hydrogen-bond acceptors (Lipinski definition) is 4. The monoisotopic (exact) mass is 301 g/mol. The van der Waals surface area contributed by atoms with Gasteiger partial charge >= 0.3 is 0 Å². The molecule has 0 saturated carbocycles. The van der Waals surface area contributed by atoms with Crippen molar-refractivity contribution in [2.75, 3.05) is 17.7 Å². The van der Waals surface area contributed by atoms with E-state index in [0.717, 1.165) is 10.2 Å². The summed E-state index contributed by atoms with van der Waals surface area (Å²) in [5.74, 6) is -0.854. The van der Waals surface area contributed by atoms with Gasteiger partial charge in [0.2, 0.25) is 0 Å². The molecule has 106 valence electrons. The van der Waals surface area contributed by atoms with Gasteiger partial charge in [0.25, 0.3) is 5.91 Å². The van der Waals surface area contributed by atoms with Gasteiger partial charge in [-0.05, 0) is 24.3 Å². The third kappa shape index (κ3) is 2.57. The number of anilines is 2. The molecule has 0 spiro atoms. The number of nitrogens with one attached hydrogen (secondary N) is 2. The van der Waals surface area contributed by atoms with E-state index < -0.39 is 11.7 Å². The molecule has 0 atom stereocenters. The number of thiazole rings is 1. The van der Waals surface area contributed by atoms with Gasteiger partial charge < -0.3 is 5.32 Å². The summed E-state index contributed by atoms with van der Waals surface area (Å²) in [4.78, 5) is 16.6. The minimum atomic E-state index is -0.463. The van der Waals surface area contributed by atoms with Crippen LogP contribution < -0.4 is 10.6 Å². The van der Waals surface area contributed by atoms with Crippen LogP contribution in [0.5, 0.6) is 0 Å². The first-order valence-electron chi connectivity index (χ1n) is 6.32. The Hall–Kier alpha value is -2.47. The van der Waals surface area contributed by atoms with Crippen LogP contribution in [0.4, 0.5) is 15.2 Å². The van der Waals surface area contributed by atoms with Crippen LogP contribution in [0.25, 0.3) is 10.2 Å². The van der Waals surface area contributed by atoms with Crippen LogP contribution in [0.1, 0.15) is 10.4 Å². The van der Waals surface area contributed by atoms with Crippen molar-refractivity contribution < 1.29 is 9.18 Å². The van der Waals surface area contributed by atoms with Crippen molar-refractivity contribution in [1.82, 2.24) is 4.98 Å². The van der Waals surface area contributed by atoms with Crippen molar-refractivity contribution >= 4 is 38.3 Å². The predicted molar refractivity (Wildman–Crippen MR) is 83.5 cm³/mol. The van der Waals surface area contributed by atoms with Gasteiger partial charge in [0, 0.05) is 7.05 Å². The molecule has 0 bridgehead atoms. The zero-order chi connectivity index (χ0) is 14.8. The standard InChI is InChI=1S/C15H12FN3OS/c1-17-13-9(5-4-6-10(13)16)14(20)19-15-18-11-7-2-3-8-12(11)21-15/h2-8,17H,1H3,(H,18,19,20). The minimum absolute atomic E-state index is 0.177. The average Bonchev–Trinajstić information content (AvgIpc) is 2.89. The van der Waals surface area contributed by atoms with Crippen molar-refractivity contribution in [2.24, 2.45) is 0 Å². The maximum Gasteiger partial charge on any atom is 0.259 e.